The molecule has 8 aromatic carbocycles. The number of hydrogen-bond donors (Lipinski definition) is 0. The van der Waals surface area contributed by atoms with Crippen molar-refractivity contribution in [2.24, 2.45) is 0 Å². The molecule has 1 aromatic heterocycles. The zero-order chi connectivity index (χ0) is 39.2. The summed E-state index contributed by atoms with van der Waals surface area (Å²) in [5, 5.41) is 5.21. The summed E-state index contributed by atoms with van der Waals surface area (Å²) in [7, 11) is 0. The molecule has 284 valence electrons. The van der Waals surface area contributed by atoms with Crippen molar-refractivity contribution in [3.05, 3.63) is 193 Å². The van der Waals surface area contributed by atoms with Gasteiger partial charge < -0.3 is 9.47 Å². The maximum absolute atomic E-state index is 2.52. The first-order valence-electron chi connectivity index (χ1n) is 21.1. The van der Waals surface area contributed by atoms with Crippen LogP contribution in [0.25, 0.3) is 60.5 Å². The Kier molecular flexibility index (Phi) is 9.21. The molecule has 9 aromatic rings. The van der Waals surface area contributed by atoms with Crippen LogP contribution in [0.2, 0.25) is 0 Å². The molecule has 0 bridgehead atoms. The van der Waals surface area contributed by atoms with Gasteiger partial charge in [0, 0.05) is 33.3 Å². The van der Waals surface area contributed by atoms with Crippen molar-refractivity contribution in [1.82, 2.24) is 4.57 Å². The van der Waals surface area contributed by atoms with Crippen LogP contribution in [0.15, 0.2) is 182 Å². The SMILES string of the molecule is CC(C)(C)c1ccc(-c2ccccc2N(c2ccc3c4ccccc4n(-c4ccccc4)c3c2)c2ccccc2-c2cccc3cccc(C4CCCCC4)c23)cc1. The summed E-state index contributed by atoms with van der Waals surface area (Å²) < 4.78 is 2.43. The Morgan fingerprint density at radius 1 is 0.500 bits per heavy atom. The average Bonchev–Trinajstić information content (AvgIpc) is 3.60. The van der Waals surface area contributed by atoms with Crippen molar-refractivity contribution in [3.8, 4) is 27.9 Å². The van der Waals surface area contributed by atoms with Crippen LogP contribution in [0.3, 0.4) is 0 Å². The molecule has 1 heterocycles. The first-order chi connectivity index (χ1) is 28.4. The van der Waals surface area contributed by atoms with Crippen molar-refractivity contribution in [2.75, 3.05) is 4.90 Å². The van der Waals surface area contributed by atoms with Crippen LogP contribution in [0.5, 0.6) is 0 Å². The fourth-order valence-electron chi connectivity index (χ4n) is 9.67. The Hall–Kier alpha value is -6.38. The smallest absolute Gasteiger partial charge is 0.0561 e. The normalized spacial score (nSPS) is 13.7. The van der Waals surface area contributed by atoms with Crippen LogP contribution in [0.4, 0.5) is 17.1 Å². The van der Waals surface area contributed by atoms with Crippen molar-refractivity contribution in [1.29, 1.82) is 0 Å². The molecule has 0 saturated heterocycles. The first kappa shape index (κ1) is 36.0. The molecule has 0 N–H and O–H groups in total. The molecule has 2 nitrogen and oxygen atoms in total. The Morgan fingerprint density at radius 2 is 1.12 bits per heavy atom. The summed E-state index contributed by atoms with van der Waals surface area (Å²) >= 11 is 0. The summed E-state index contributed by atoms with van der Waals surface area (Å²) in [4.78, 5) is 2.52. The third-order valence-electron chi connectivity index (χ3n) is 12.6. The second-order valence-corrected chi connectivity index (χ2v) is 17.2. The van der Waals surface area contributed by atoms with E-state index in [1.165, 1.54) is 98.1 Å². The number of rotatable bonds is 7. The predicted octanol–water partition coefficient (Wildman–Crippen LogP) is 16.1. The Morgan fingerprint density at radius 3 is 1.88 bits per heavy atom. The molecule has 0 radical (unpaired) electrons. The number of nitrogens with zero attached hydrogens (tertiary/aromatic N) is 2. The van der Waals surface area contributed by atoms with Gasteiger partial charge in [0.15, 0.2) is 0 Å². The van der Waals surface area contributed by atoms with Gasteiger partial charge in [-0.3, -0.25) is 0 Å². The third kappa shape index (κ3) is 6.38. The highest BCUT2D eigenvalue weighted by Crippen LogP contribution is 2.48. The van der Waals surface area contributed by atoms with Crippen molar-refractivity contribution in [2.45, 2.75) is 64.2 Å². The summed E-state index contributed by atoms with van der Waals surface area (Å²) in [6.07, 6.45) is 6.49. The van der Waals surface area contributed by atoms with E-state index in [9.17, 15) is 0 Å². The van der Waals surface area contributed by atoms with Crippen molar-refractivity contribution < 1.29 is 0 Å². The van der Waals surface area contributed by atoms with E-state index < -0.39 is 0 Å². The third-order valence-corrected chi connectivity index (χ3v) is 12.6. The lowest BCUT2D eigenvalue weighted by Crippen LogP contribution is -2.13. The van der Waals surface area contributed by atoms with Crippen LogP contribution in [-0.2, 0) is 5.41 Å². The van der Waals surface area contributed by atoms with Crippen LogP contribution in [0, 0.1) is 0 Å². The second-order valence-electron chi connectivity index (χ2n) is 17.2. The fraction of sp³-hybridized carbons (Fsp3) is 0.179. The molecule has 1 fully saturated rings. The minimum atomic E-state index is 0.0740. The first-order valence-corrected chi connectivity index (χ1v) is 21.1. The van der Waals surface area contributed by atoms with Crippen LogP contribution in [0.1, 0.15) is 69.9 Å². The van der Waals surface area contributed by atoms with E-state index in [2.05, 4.69) is 212 Å². The number of benzene rings is 8. The zero-order valence-electron chi connectivity index (χ0n) is 33.8. The van der Waals surface area contributed by atoms with Gasteiger partial charge in [-0.2, -0.15) is 0 Å². The molecule has 0 spiro atoms. The van der Waals surface area contributed by atoms with Gasteiger partial charge >= 0.3 is 0 Å². The van der Waals surface area contributed by atoms with Crippen molar-refractivity contribution >= 4 is 49.6 Å². The fourth-order valence-corrected chi connectivity index (χ4v) is 9.67. The number of aromatic nitrogens is 1. The number of anilines is 3. The summed E-state index contributed by atoms with van der Waals surface area (Å²) in [6, 6.07) is 67.9. The zero-order valence-corrected chi connectivity index (χ0v) is 33.8. The number of fused-ring (bicyclic) bond motifs is 4. The summed E-state index contributed by atoms with van der Waals surface area (Å²) in [6.45, 7) is 6.85. The molecule has 1 aliphatic rings. The van der Waals surface area contributed by atoms with Gasteiger partial charge in [0.2, 0.25) is 0 Å². The number of hydrogen-bond acceptors (Lipinski definition) is 1. The lowest BCUT2D eigenvalue weighted by Gasteiger charge is -2.31. The predicted molar refractivity (Wildman–Crippen MR) is 248 cm³/mol. The highest BCUT2D eigenvalue weighted by Gasteiger charge is 2.25. The maximum atomic E-state index is 2.52. The van der Waals surface area contributed by atoms with Gasteiger partial charge in [-0.25, -0.2) is 0 Å². The van der Waals surface area contributed by atoms with Crippen LogP contribution < -0.4 is 4.90 Å². The molecule has 1 saturated carbocycles. The van der Waals surface area contributed by atoms with Gasteiger partial charge in [0.1, 0.15) is 0 Å². The van der Waals surface area contributed by atoms with Gasteiger partial charge in [-0.15, -0.1) is 0 Å². The van der Waals surface area contributed by atoms with E-state index in [1.807, 2.05) is 0 Å². The molecule has 2 heteroatoms. The highest BCUT2D eigenvalue weighted by atomic mass is 15.1. The van der Waals surface area contributed by atoms with Gasteiger partial charge in [-0.05, 0) is 99.7 Å². The minimum Gasteiger partial charge on any atom is -0.309 e. The molecule has 0 unspecified atom stereocenters. The van der Waals surface area contributed by atoms with E-state index in [4.69, 9.17) is 0 Å². The molecule has 0 atom stereocenters. The van der Waals surface area contributed by atoms with E-state index in [-0.39, 0.29) is 5.41 Å². The molecular formula is C56H50N2. The van der Waals surface area contributed by atoms with E-state index >= 15 is 0 Å². The molecule has 0 aliphatic heterocycles. The standard InChI is InChI=1S/C56H50N2/c1-56(2,3)42-34-32-40(33-35-42)45-24-10-13-29-51(45)58(44-36-37-49-47-25-11-14-30-52(47)57(54(49)38-44)43-22-8-5-9-23-43)53-31-15-12-26-48(53)50-28-17-21-41-20-16-27-46(55(41)50)39-18-6-4-7-19-39/h5,8-17,20-39H,4,6-7,18-19H2,1-3H3. The molecule has 1 aliphatic carbocycles. The molecular weight excluding hydrogens is 701 g/mol. The summed E-state index contributed by atoms with van der Waals surface area (Å²) in [5.74, 6) is 0.584. The molecule has 58 heavy (non-hydrogen) atoms. The Bertz CT molecular complexity index is 2900. The van der Waals surface area contributed by atoms with E-state index in [0.29, 0.717) is 5.92 Å². The maximum Gasteiger partial charge on any atom is 0.0561 e. The van der Waals surface area contributed by atoms with E-state index in [1.54, 1.807) is 0 Å². The monoisotopic (exact) mass is 750 g/mol. The number of para-hydroxylation sites is 4. The topological polar surface area (TPSA) is 8.17 Å². The molecule has 10 rings (SSSR count). The summed E-state index contributed by atoms with van der Waals surface area (Å²) in [5.41, 5.74) is 14.8. The van der Waals surface area contributed by atoms with Gasteiger partial charge in [0.05, 0.1) is 22.4 Å². The molecule has 0 amide bonds. The van der Waals surface area contributed by atoms with Gasteiger partial charge in [-0.1, -0.05) is 180 Å². The highest BCUT2D eigenvalue weighted by molar-refractivity contribution is 6.11. The van der Waals surface area contributed by atoms with Gasteiger partial charge in [0.25, 0.3) is 0 Å². The lowest BCUT2D eigenvalue weighted by atomic mass is 9.80. The van der Waals surface area contributed by atoms with Crippen molar-refractivity contribution in [3.63, 3.8) is 0 Å². The van der Waals surface area contributed by atoms with Crippen LogP contribution >= 0.6 is 0 Å². The average molecular weight is 751 g/mol. The Balaban J connectivity index is 1.25. The second kappa shape index (κ2) is 14.8. The minimum absolute atomic E-state index is 0.0740. The van der Waals surface area contributed by atoms with E-state index in [0.717, 1.165) is 22.7 Å². The lowest BCUT2D eigenvalue weighted by molar-refractivity contribution is 0.445. The Labute approximate surface area is 343 Å². The quantitative estimate of drug-likeness (QED) is 0.157. The largest absolute Gasteiger partial charge is 0.309 e. The van der Waals surface area contributed by atoms with Crippen LogP contribution in [-0.4, -0.2) is 4.57 Å².